The fraction of sp³-hybridized carbons (Fsp3) is 0.727. The van der Waals surface area contributed by atoms with Crippen molar-refractivity contribution in [3.05, 3.63) is 0 Å². The minimum atomic E-state index is -0.605. The molecule has 0 spiro atoms. The number of carbonyl (C=O) groups is 1. The van der Waals surface area contributed by atoms with Crippen molar-refractivity contribution in [2.24, 2.45) is 5.41 Å². The molecule has 80 valence electrons. The summed E-state index contributed by atoms with van der Waals surface area (Å²) in [6, 6.07) is 0. The average molecular weight is 198 g/mol. The molecule has 0 aromatic carbocycles. The average Bonchev–Trinajstić information content (AvgIpc) is 2.10. The van der Waals surface area contributed by atoms with E-state index in [-0.39, 0.29) is 5.78 Å². The van der Waals surface area contributed by atoms with Crippen LogP contribution in [0.4, 0.5) is 0 Å². The summed E-state index contributed by atoms with van der Waals surface area (Å²) < 4.78 is 10.0. The third-order valence-corrected chi connectivity index (χ3v) is 1.52. The third kappa shape index (κ3) is 5.00. The Balaban J connectivity index is 4.33. The van der Waals surface area contributed by atoms with Crippen LogP contribution >= 0.6 is 0 Å². The minimum Gasteiger partial charge on any atom is -0.345 e. The van der Waals surface area contributed by atoms with Crippen molar-refractivity contribution in [3.8, 4) is 11.8 Å². The molecule has 3 nitrogen and oxygen atoms in total. The molecule has 0 heterocycles. The molecule has 1 unspecified atom stereocenters. The van der Waals surface area contributed by atoms with Gasteiger partial charge in [-0.3, -0.25) is 4.79 Å². The number of ketones is 1. The SMILES string of the molecule is CCOC(C#CC(=O)C(C)(C)C)OC. The molecule has 0 aliphatic rings. The van der Waals surface area contributed by atoms with Crippen molar-refractivity contribution in [2.45, 2.75) is 34.0 Å². The van der Waals surface area contributed by atoms with E-state index in [0.29, 0.717) is 6.61 Å². The number of rotatable bonds is 3. The lowest BCUT2D eigenvalue weighted by Crippen LogP contribution is -2.19. The first-order chi connectivity index (χ1) is 6.41. The van der Waals surface area contributed by atoms with Crippen LogP contribution in [-0.2, 0) is 14.3 Å². The number of hydrogen-bond acceptors (Lipinski definition) is 3. The molecule has 3 heteroatoms. The first-order valence-corrected chi connectivity index (χ1v) is 4.62. The predicted molar refractivity (Wildman–Crippen MR) is 54.7 cm³/mol. The molecular formula is C11H18O3. The summed E-state index contributed by atoms with van der Waals surface area (Å²) in [4.78, 5) is 11.4. The lowest BCUT2D eigenvalue weighted by molar-refractivity contribution is -0.120. The Morgan fingerprint density at radius 3 is 2.36 bits per heavy atom. The predicted octanol–water partition coefficient (Wildman–Crippen LogP) is 1.61. The van der Waals surface area contributed by atoms with Gasteiger partial charge in [-0.05, 0) is 18.8 Å². The quantitative estimate of drug-likeness (QED) is 0.392. The fourth-order valence-electron chi connectivity index (χ4n) is 0.632. The number of hydrogen-bond donors (Lipinski definition) is 0. The lowest BCUT2D eigenvalue weighted by atomic mass is 9.91. The molecule has 0 aliphatic carbocycles. The highest BCUT2D eigenvalue weighted by molar-refractivity contribution is 5.99. The van der Waals surface area contributed by atoms with Gasteiger partial charge in [0, 0.05) is 19.1 Å². The van der Waals surface area contributed by atoms with Gasteiger partial charge in [0.1, 0.15) is 0 Å². The minimum absolute atomic E-state index is 0.112. The summed E-state index contributed by atoms with van der Waals surface area (Å²) in [7, 11) is 1.50. The van der Waals surface area contributed by atoms with Crippen LogP contribution in [0, 0.1) is 17.3 Å². The van der Waals surface area contributed by atoms with Crippen LogP contribution in [0.3, 0.4) is 0 Å². The highest BCUT2D eigenvalue weighted by atomic mass is 16.7. The zero-order chi connectivity index (χ0) is 11.2. The summed E-state index contributed by atoms with van der Waals surface area (Å²) in [6.07, 6.45) is -0.605. The maximum Gasteiger partial charge on any atom is 0.222 e. The Morgan fingerprint density at radius 1 is 1.43 bits per heavy atom. The van der Waals surface area contributed by atoms with Gasteiger partial charge in [0.25, 0.3) is 0 Å². The second-order valence-electron chi connectivity index (χ2n) is 3.87. The molecule has 0 aliphatic heterocycles. The van der Waals surface area contributed by atoms with Crippen LogP contribution in [0.5, 0.6) is 0 Å². The summed E-state index contributed by atoms with van der Waals surface area (Å²) in [5, 5.41) is 0. The Labute approximate surface area is 85.8 Å². The number of Topliss-reactive ketones (excluding diaryl/α,β-unsaturated/α-hetero) is 1. The fourth-order valence-corrected chi connectivity index (χ4v) is 0.632. The largest absolute Gasteiger partial charge is 0.345 e. The third-order valence-electron chi connectivity index (χ3n) is 1.52. The van der Waals surface area contributed by atoms with Gasteiger partial charge in [-0.2, -0.15) is 0 Å². The van der Waals surface area contributed by atoms with Crippen molar-refractivity contribution in [1.82, 2.24) is 0 Å². The van der Waals surface area contributed by atoms with E-state index in [1.165, 1.54) is 7.11 Å². The zero-order valence-corrected chi connectivity index (χ0v) is 9.51. The summed E-state index contributed by atoms with van der Waals surface area (Å²) >= 11 is 0. The smallest absolute Gasteiger partial charge is 0.222 e. The van der Waals surface area contributed by atoms with Crippen LogP contribution < -0.4 is 0 Å². The van der Waals surface area contributed by atoms with Crippen LogP contribution in [0.15, 0.2) is 0 Å². The Morgan fingerprint density at radius 2 is 2.00 bits per heavy atom. The van der Waals surface area contributed by atoms with Gasteiger partial charge in [-0.25, -0.2) is 0 Å². The van der Waals surface area contributed by atoms with Gasteiger partial charge in [0.2, 0.25) is 12.1 Å². The van der Waals surface area contributed by atoms with Crippen LogP contribution in [0.2, 0.25) is 0 Å². The molecule has 0 saturated carbocycles. The van der Waals surface area contributed by atoms with E-state index in [4.69, 9.17) is 9.47 Å². The van der Waals surface area contributed by atoms with Gasteiger partial charge >= 0.3 is 0 Å². The first kappa shape index (κ1) is 13.2. The van der Waals surface area contributed by atoms with E-state index in [0.717, 1.165) is 0 Å². The van der Waals surface area contributed by atoms with E-state index in [1.54, 1.807) is 0 Å². The van der Waals surface area contributed by atoms with Crippen molar-refractivity contribution < 1.29 is 14.3 Å². The Bertz CT molecular complexity index is 239. The highest BCUT2D eigenvalue weighted by Gasteiger charge is 2.19. The second kappa shape index (κ2) is 5.79. The monoisotopic (exact) mass is 198 g/mol. The standard InChI is InChI=1S/C11H18O3/c1-6-14-10(13-5)8-7-9(12)11(2,3)4/h10H,6H2,1-5H3. The van der Waals surface area contributed by atoms with E-state index >= 15 is 0 Å². The molecule has 0 fully saturated rings. The van der Waals surface area contributed by atoms with E-state index in [2.05, 4.69) is 11.8 Å². The van der Waals surface area contributed by atoms with Crippen molar-refractivity contribution >= 4 is 5.78 Å². The number of methoxy groups -OCH3 is 1. The summed E-state index contributed by atoms with van der Waals surface area (Å²) in [5.74, 6) is 5.04. The number of ether oxygens (including phenoxy) is 2. The topological polar surface area (TPSA) is 35.5 Å². The van der Waals surface area contributed by atoms with Crippen LogP contribution in [0.1, 0.15) is 27.7 Å². The van der Waals surface area contributed by atoms with E-state index in [1.807, 2.05) is 27.7 Å². The second-order valence-corrected chi connectivity index (χ2v) is 3.87. The van der Waals surface area contributed by atoms with E-state index < -0.39 is 11.7 Å². The Kier molecular flexibility index (Phi) is 5.44. The molecular weight excluding hydrogens is 180 g/mol. The normalized spacial score (nSPS) is 12.9. The van der Waals surface area contributed by atoms with Crippen molar-refractivity contribution in [2.75, 3.05) is 13.7 Å². The molecule has 14 heavy (non-hydrogen) atoms. The van der Waals surface area contributed by atoms with Crippen molar-refractivity contribution in [1.29, 1.82) is 0 Å². The Hall–Kier alpha value is -0.850. The van der Waals surface area contributed by atoms with Gasteiger partial charge in [0.15, 0.2) is 0 Å². The summed E-state index contributed by atoms with van der Waals surface area (Å²) in [5.41, 5.74) is -0.433. The molecule has 0 radical (unpaired) electrons. The molecule has 0 saturated heterocycles. The van der Waals surface area contributed by atoms with E-state index in [9.17, 15) is 4.79 Å². The van der Waals surface area contributed by atoms with Crippen LogP contribution in [0.25, 0.3) is 0 Å². The zero-order valence-electron chi connectivity index (χ0n) is 9.51. The molecule has 0 amide bonds. The summed E-state index contributed by atoms with van der Waals surface area (Å²) in [6.45, 7) is 7.83. The number of carbonyl (C=O) groups excluding carboxylic acids is 1. The maximum atomic E-state index is 11.4. The molecule has 0 aromatic rings. The van der Waals surface area contributed by atoms with Gasteiger partial charge in [-0.15, -0.1) is 0 Å². The molecule has 1 atom stereocenters. The molecule has 0 aromatic heterocycles. The van der Waals surface area contributed by atoms with Crippen LogP contribution in [-0.4, -0.2) is 25.8 Å². The van der Waals surface area contributed by atoms with Gasteiger partial charge < -0.3 is 9.47 Å². The van der Waals surface area contributed by atoms with Gasteiger partial charge in [0.05, 0.1) is 0 Å². The first-order valence-electron chi connectivity index (χ1n) is 4.62. The van der Waals surface area contributed by atoms with Gasteiger partial charge in [-0.1, -0.05) is 20.8 Å². The molecule has 0 N–H and O–H groups in total. The lowest BCUT2D eigenvalue weighted by Gasteiger charge is -2.11. The maximum absolute atomic E-state index is 11.4. The van der Waals surface area contributed by atoms with Crippen molar-refractivity contribution in [3.63, 3.8) is 0 Å². The highest BCUT2D eigenvalue weighted by Crippen LogP contribution is 2.13. The molecule has 0 rings (SSSR count). The molecule has 0 bridgehead atoms.